The van der Waals surface area contributed by atoms with E-state index in [1.54, 1.807) is 23.9 Å². The molecular formula is C30H39N3O4S. The molecule has 1 aliphatic carbocycles. The molecule has 204 valence electrons. The van der Waals surface area contributed by atoms with Crippen LogP contribution in [-0.4, -0.2) is 53.4 Å². The number of aliphatic carboxylic acids is 1. The van der Waals surface area contributed by atoms with Crippen molar-refractivity contribution in [1.82, 2.24) is 10.2 Å². The molecule has 1 amide bonds. The highest BCUT2D eigenvalue weighted by molar-refractivity contribution is 7.98. The van der Waals surface area contributed by atoms with Gasteiger partial charge in [0.05, 0.1) is 18.2 Å². The number of aliphatic imine (C=N–C) groups is 1. The van der Waals surface area contributed by atoms with E-state index >= 15 is 0 Å². The Labute approximate surface area is 230 Å². The highest BCUT2D eigenvalue weighted by atomic mass is 32.2. The molecule has 0 aromatic heterocycles. The summed E-state index contributed by atoms with van der Waals surface area (Å²) in [4.78, 5) is 31.6. The van der Waals surface area contributed by atoms with E-state index < -0.39 is 5.97 Å². The lowest BCUT2D eigenvalue weighted by Gasteiger charge is -2.41. The second-order valence-electron chi connectivity index (χ2n) is 11.2. The van der Waals surface area contributed by atoms with Crippen LogP contribution in [0.3, 0.4) is 0 Å². The standard InChI is InChI=1S/C30H39N3O4S/c1-30(2,3)22-12-14-24(15-13-22)33-26(19-37-29(33)32-23-6-5-7-25(18-23)38-4)20-8-10-21(11-9-20)28(36)31-17-16-27(34)35/h5-11,18,22,24,26H,12-17,19H2,1-4H3,(H,31,36)(H,34,35)/b32-29-. The Morgan fingerprint density at radius 1 is 1.11 bits per heavy atom. The maximum Gasteiger partial charge on any atom is 0.305 e. The summed E-state index contributed by atoms with van der Waals surface area (Å²) in [6.45, 7) is 7.62. The number of carboxylic acid groups (broad SMARTS) is 1. The van der Waals surface area contributed by atoms with Gasteiger partial charge in [0.15, 0.2) is 0 Å². The monoisotopic (exact) mass is 537 g/mol. The maximum atomic E-state index is 12.4. The van der Waals surface area contributed by atoms with E-state index in [0.717, 1.165) is 29.0 Å². The van der Waals surface area contributed by atoms with Crippen molar-refractivity contribution in [2.75, 3.05) is 19.4 Å². The minimum atomic E-state index is -0.934. The molecule has 2 N–H and O–H groups in total. The largest absolute Gasteiger partial charge is 0.481 e. The average Bonchev–Trinajstić information content (AvgIpc) is 3.31. The summed E-state index contributed by atoms with van der Waals surface area (Å²) in [6.07, 6.45) is 6.51. The Morgan fingerprint density at radius 2 is 1.82 bits per heavy atom. The van der Waals surface area contributed by atoms with E-state index in [1.807, 2.05) is 24.3 Å². The van der Waals surface area contributed by atoms with E-state index in [-0.39, 0.29) is 24.9 Å². The second kappa shape index (κ2) is 12.2. The average molecular weight is 538 g/mol. The van der Waals surface area contributed by atoms with Gasteiger partial charge < -0.3 is 20.1 Å². The van der Waals surface area contributed by atoms with E-state index in [1.165, 1.54) is 12.8 Å². The van der Waals surface area contributed by atoms with Crippen molar-refractivity contribution < 1.29 is 19.4 Å². The van der Waals surface area contributed by atoms with Gasteiger partial charge in [-0.1, -0.05) is 39.0 Å². The Bertz CT molecular complexity index is 1150. The Kier molecular flexibility index (Phi) is 9.03. The minimum Gasteiger partial charge on any atom is -0.481 e. The summed E-state index contributed by atoms with van der Waals surface area (Å²) in [5.74, 6) is -0.497. The first-order chi connectivity index (χ1) is 18.2. The lowest BCUT2D eigenvalue weighted by molar-refractivity contribution is -0.136. The van der Waals surface area contributed by atoms with Gasteiger partial charge in [-0.2, -0.15) is 4.99 Å². The minimum absolute atomic E-state index is 0.0118. The van der Waals surface area contributed by atoms with Gasteiger partial charge in [-0.3, -0.25) is 9.59 Å². The predicted octanol–water partition coefficient (Wildman–Crippen LogP) is 6.28. The lowest BCUT2D eigenvalue weighted by Crippen LogP contribution is -2.42. The van der Waals surface area contributed by atoms with Gasteiger partial charge in [-0.05, 0) is 79.2 Å². The van der Waals surface area contributed by atoms with Gasteiger partial charge in [-0.15, -0.1) is 11.8 Å². The van der Waals surface area contributed by atoms with E-state index in [4.69, 9.17) is 14.8 Å². The van der Waals surface area contributed by atoms with Gasteiger partial charge in [0.25, 0.3) is 11.9 Å². The third kappa shape index (κ3) is 6.90. The second-order valence-corrected chi connectivity index (χ2v) is 12.1. The van der Waals surface area contributed by atoms with Crippen LogP contribution in [0.5, 0.6) is 0 Å². The highest BCUT2D eigenvalue weighted by Crippen LogP contribution is 2.42. The summed E-state index contributed by atoms with van der Waals surface area (Å²) in [6, 6.07) is 16.8. The quantitative estimate of drug-likeness (QED) is 0.385. The third-order valence-corrected chi connectivity index (χ3v) is 8.43. The summed E-state index contributed by atoms with van der Waals surface area (Å²) in [7, 11) is 0. The molecule has 1 saturated carbocycles. The predicted molar refractivity (Wildman–Crippen MR) is 152 cm³/mol. The number of carboxylic acids is 1. The fraction of sp³-hybridized carbons (Fsp3) is 0.500. The van der Waals surface area contributed by atoms with Crippen molar-refractivity contribution in [2.24, 2.45) is 16.3 Å². The van der Waals surface area contributed by atoms with Crippen molar-refractivity contribution in [3.05, 3.63) is 59.7 Å². The number of carbonyl (C=O) groups is 2. The van der Waals surface area contributed by atoms with Crippen LogP contribution in [0.1, 0.15) is 74.8 Å². The number of nitrogens with zero attached hydrogens (tertiary/aromatic N) is 2. The van der Waals surface area contributed by atoms with Crippen LogP contribution in [0.25, 0.3) is 0 Å². The Hall–Kier alpha value is -3.00. The summed E-state index contributed by atoms with van der Waals surface area (Å²) in [5.41, 5.74) is 2.78. The molecule has 1 atom stereocenters. The zero-order valence-corrected chi connectivity index (χ0v) is 23.6. The van der Waals surface area contributed by atoms with E-state index in [9.17, 15) is 9.59 Å². The zero-order chi connectivity index (χ0) is 27.3. The molecule has 8 heteroatoms. The SMILES string of the molecule is CSc1cccc(/N=C2\OCC(c3ccc(C(=O)NCCC(=O)O)cc3)N2C2CCC(C(C)(C)C)CC2)c1. The third-order valence-electron chi connectivity index (χ3n) is 7.70. The van der Waals surface area contributed by atoms with Gasteiger partial charge in [0.1, 0.15) is 6.61 Å². The molecule has 0 bridgehead atoms. The van der Waals surface area contributed by atoms with Crippen molar-refractivity contribution in [3.63, 3.8) is 0 Å². The number of nitrogens with one attached hydrogen (secondary N) is 1. The normalized spacial score (nSPS) is 22.8. The van der Waals surface area contributed by atoms with Crippen molar-refractivity contribution in [1.29, 1.82) is 0 Å². The molecule has 2 aliphatic rings. The molecule has 38 heavy (non-hydrogen) atoms. The Morgan fingerprint density at radius 3 is 2.45 bits per heavy atom. The molecule has 2 fully saturated rings. The molecule has 2 aromatic carbocycles. The number of ether oxygens (including phenoxy) is 1. The smallest absolute Gasteiger partial charge is 0.305 e. The molecule has 1 aliphatic heterocycles. The van der Waals surface area contributed by atoms with Crippen LogP contribution in [0.2, 0.25) is 0 Å². The fourth-order valence-electron chi connectivity index (χ4n) is 5.45. The number of hydrogen-bond acceptors (Lipinski definition) is 5. The molecule has 2 aromatic rings. The van der Waals surface area contributed by atoms with Gasteiger partial charge in [-0.25, -0.2) is 0 Å². The molecule has 0 spiro atoms. The zero-order valence-electron chi connectivity index (χ0n) is 22.8. The first kappa shape index (κ1) is 28.0. The molecule has 1 unspecified atom stereocenters. The van der Waals surface area contributed by atoms with Crippen molar-refractivity contribution >= 4 is 35.3 Å². The molecule has 4 rings (SSSR count). The molecule has 1 heterocycles. The maximum absolute atomic E-state index is 12.4. The highest BCUT2D eigenvalue weighted by Gasteiger charge is 2.40. The van der Waals surface area contributed by atoms with Crippen LogP contribution in [0, 0.1) is 11.3 Å². The molecule has 7 nitrogen and oxygen atoms in total. The van der Waals surface area contributed by atoms with Crippen LogP contribution >= 0.6 is 11.8 Å². The van der Waals surface area contributed by atoms with Crippen LogP contribution in [0.15, 0.2) is 58.4 Å². The van der Waals surface area contributed by atoms with E-state index in [0.29, 0.717) is 35.6 Å². The number of hydrogen-bond donors (Lipinski definition) is 2. The van der Waals surface area contributed by atoms with Crippen LogP contribution < -0.4 is 5.32 Å². The van der Waals surface area contributed by atoms with Crippen LogP contribution in [-0.2, 0) is 9.53 Å². The fourth-order valence-corrected chi connectivity index (χ4v) is 5.90. The first-order valence-corrected chi connectivity index (χ1v) is 14.6. The number of benzene rings is 2. The number of amides is 1. The molecular weight excluding hydrogens is 498 g/mol. The van der Waals surface area contributed by atoms with Gasteiger partial charge in [0, 0.05) is 23.0 Å². The number of thioether (sulfide) groups is 1. The molecule has 0 radical (unpaired) electrons. The lowest BCUT2D eigenvalue weighted by atomic mass is 9.71. The number of carbonyl (C=O) groups excluding carboxylic acids is 1. The Balaban J connectivity index is 1.56. The number of amidine groups is 1. The van der Waals surface area contributed by atoms with Gasteiger partial charge in [0.2, 0.25) is 0 Å². The van der Waals surface area contributed by atoms with Crippen molar-refractivity contribution in [3.8, 4) is 0 Å². The number of rotatable bonds is 8. The summed E-state index contributed by atoms with van der Waals surface area (Å²) in [5, 5.41) is 11.5. The van der Waals surface area contributed by atoms with E-state index in [2.05, 4.69) is 49.4 Å². The summed E-state index contributed by atoms with van der Waals surface area (Å²) >= 11 is 1.69. The topological polar surface area (TPSA) is 91.2 Å². The van der Waals surface area contributed by atoms with Crippen molar-refractivity contribution in [2.45, 2.75) is 69.9 Å². The van der Waals surface area contributed by atoms with Crippen LogP contribution in [0.4, 0.5) is 5.69 Å². The molecule has 1 saturated heterocycles. The first-order valence-electron chi connectivity index (χ1n) is 13.4. The van der Waals surface area contributed by atoms with Gasteiger partial charge >= 0.3 is 5.97 Å². The summed E-state index contributed by atoms with van der Waals surface area (Å²) < 4.78 is 6.24.